The van der Waals surface area contributed by atoms with E-state index < -0.39 is 44.6 Å². The molecule has 0 amide bonds. The number of hydrogen-bond donors (Lipinski definition) is 2. The van der Waals surface area contributed by atoms with Crippen LogP contribution >= 0.6 is 11.6 Å². The molecule has 6 heterocycles. The van der Waals surface area contributed by atoms with Crippen LogP contribution in [0.5, 0.6) is 23.0 Å². The van der Waals surface area contributed by atoms with Crippen molar-refractivity contribution in [2.75, 3.05) is 27.3 Å². The molecule has 110 heavy (non-hydrogen) atoms. The molecule has 3 fully saturated rings. The number of rotatable bonds is 24. The van der Waals surface area contributed by atoms with Gasteiger partial charge in [0.25, 0.3) is 0 Å². The van der Waals surface area contributed by atoms with Crippen LogP contribution in [0, 0.1) is 27.7 Å². The Hall–Kier alpha value is -10.7. The fraction of sp³-hybridized carbons (Fsp3) is 0.333. The van der Waals surface area contributed by atoms with Crippen molar-refractivity contribution in [3.63, 3.8) is 0 Å². The first-order valence-corrected chi connectivity index (χ1v) is 36.1. The molecule has 3 aliphatic rings. The van der Waals surface area contributed by atoms with E-state index in [9.17, 15) is 49.8 Å². The molecule has 12 aromatic rings. The molecule has 29 heteroatoms. The zero-order valence-corrected chi connectivity index (χ0v) is 61.0. The van der Waals surface area contributed by atoms with E-state index in [4.69, 9.17) is 67.9 Å². The van der Waals surface area contributed by atoms with Crippen LogP contribution in [0.1, 0.15) is 89.5 Å². The lowest BCUT2D eigenvalue weighted by Crippen LogP contribution is -2.36. The normalized spacial score (nSPS) is 16.9. The Kier molecular flexibility index (Phi) is 22.5. The van der Waals surface area contributed by atoms with Gasteiger partial charge < -0.3 is 56.5 Å². The molecule has 2 saturated heterocycles. The van der Waals surface area contributed by atoms with Gasteiger partial charge in [-0.25, -0.2) is 19.9 Å². The maximum Gasteiger partial charge on any atom is 0.387 e. The van der Waals surface area contributed by atoms with Gasteiger partial charge in [-0.3, -0.25) is 19.4 Å². The Labute approximate surface area is 629 Å². The van der Waals surface area contributed by atoms with E-state index in [-0.39, 0.29) is 101 Å². The average Bonchev–Trinajstić information content (AvgIpc) is 1.59. The quantitative estimate of drug-likeness (QED) is 0.0325. The number of aromatic nitrogens is 4. The van der Waals surface area contributed by atoms with Gasteiger partial charge in [0.15, 0.2) is 22.3 Å². The van der Waals surface area contributed by atoms with Crippen LogP contribution in [0.15, 0.2) is 139 Å². The summed E-state index contributed by atoms with van der Waals surface area (Å²) in [4.78, 5) is 47.4. The lowest BCUT2D eigenvalue weighted by Gasteiger charge is -2.23. The Balaban J connectivity index is 0.000000184. The van der Waals surface area contributed by atoms with Crippen LogP contribution in [-0.2, 0) is 44.6 Å². The summed E-state index contributed by atoms with van der Waals surface area (Å²) in [5, 5.41) is 13.5. The monoisotopic (exact) mass is 1540 g/mol. The zero-order chi connectivity index (χ0) is 77.3. The first-order valence-electron chi connectivity index (χ1n) is 35.6. The molecule has 0 bridgehead atoms. The van der Waals surface area contributed by atoms with Crippen molar-refractivity contribution in [2.24, 2.45) is 0 Å². The highest BCUT2D eigenvalue weighted by Gasteiger charge is 2.35. The lowest BCUT2D eigenvalue weighted by atomic mass is 9.91. The number of likely N-dealkylation sites (tertiary alicyclic amines) is 2. The standard InChI is InChI=1S/C43H42F4N4O7.C38H32ClF4N3O6/c1-22-26(8-4-10-28(22)39-49-31-16-24(20-48-30-12-6-14-34(30)52)35(57-42(44)45)18-37(31)55-39)27-9-5-11-29(23(27)2)40-50-32-17-25(36(58-43(46)47)19-38(32)56-40)21-51-15-7-13-33(51)41(53)54-3;1-19-23(7-4-9-25(19)34-44-27-13-21(17-39)30(51-37(40)41)15-32(27)49-34)24-8-5-10-26(20(24)2)35-45-28-14-22(31(52-38(42)43)16-33(28)50-35)18-46-12-6-11-29(46)36(47)48-3/h4-5,8-11,16-19,30,33-34,42-43,48,52H,6-7,12-15,20-21H2,1-3H3;4-5,7-10,13-16,29,37-38H,6,11-12,17-18H2,1-3H3/t30-,33+,34+;29-/m10/s1. The van der Waals surface area contributed by atoms with E-state index in [0.29, 0.717) is 111 Å². The second-order valence-electron chi connectivity index (χ2n) is 27.1. The number of benzene rings is 8. The molecule has 1 saturated carbocycles. The second-order valence-corrected chi connectivity index (χ2v) is 27.4. The predicted octanol–water partition coefficient (Wildman–Crippen LogP) is 18.6. The lowest BCUT2D eigenvalue weighted by molar-refractivity contribution is -0.146. The predicted molar refractivity (Wildman–Crippen MR) is 392 cm³/mol. The summed E-state index contributed by atoms with van der Waals surface area (Å²) in [7, 11) is 2.65. The minimum absolute atomic E-state index is 0.0323. The highest BCUT2D eigenvalue weighted by molar-refractivity contribution is 6.17. The Morgan fingerprint density at radius 2 is 0.764 bits per heavy atom. The summed E-state index contributed by atoms with van der Waals surface area (Å²) in [6.07, 6.45) is 4.60. The van der Waals surface area contributed by atoms with Crippen LogP contribution in [0.4, 0.5) is 35.1 Å². The van der Waals surface area contributed by atoms with Crippen molar-refractivity contribution in [1.29, 1.82) is 0 Å². The van der Waals surface area contributed by atoms with Crippen molar-refractivity contribution in [3.8, 4) is 91.1 Å². The number of aliphatic hydroxyl groups excluding tert-OH is 1. The molecule has 0 spiro atoms. The van der Waals surface area contributed by atoms with Gasteiger partial charge in [-0.05, 0) is 179 Å². The molecule has 15 rings (SSSR count). The number of esters is 2. The van der Waals surface area contributed by atoms with Gasteiger partial charge in [-0.2, -0.15) is 35.1 Å². The van der Waals surface area contributed by atoms with Gasteiger partial charge in [-0.15, -0.1) is 11.6 Å². The minimum Gasteiger partial charge on any atom is -0.468 e. The summed E-state index contributed by atoms with van der Waals surface area (Å²) in [5.41, 5.74) is 14.2. The number of halogens is 9. The maximum absolute atomic E-state index is 13.6. The molecule has 4 atom stereocenters. The molecule has 2 aliphatic heterocycles. The summed E-state index contributed by atoms with van der Waals surface area (Å²) in [5.74, 6) is 0.124. The Bertz CT molecular complexity index is 5420. The molecule has 0 radical (unpaired) electrons. The van der Waals surface area contributed by atoms with Crippen molar-refractivity contribution >= 4 is 67.9 Å². The largest absolute Gasteiger partial charge is 0.468 e. The third kappa shape index (κ3) is 15.9. The van der Waals surface area contributed by atoms with Crippen LogP contribution in [-0.4, -0.2) is 125 Å². The number of carbonyl (C=O) groups excluding carboxylic acids is 2. The highest BCUT2D eigenvalue weighted by Crippen LogP contribution is 2.44. The maximum atomic E-state index is 13.6. The number of oxazole rings is 4. The third-order valence-electron chi connectivity index (χ3n) is 20.6. The van der Waals surface area contributed by atoms with Crippen molar-refractivity contribution in [1.82, 2.24) is 35.1 Å². The van der Waals surface area contributed by atoms with Crippen LogP contribution in [0.2, 0.25) is 0 Å². The molecule has 0 unspecified atom stereocenters. The van der Waals surface area contributed by atoms with Crippen LogP contribution in [0.3, 0.4) is 0 Å². The number of alkyl halides is 9. The first kappa shape index (κ1) is 76.1. The van der Waals surface area contributed by atoms with E-state index in [1.165, 1.54) is 38.5 Å². The molecule has 20 nitrogen and oxygen atoms in total. The number of ether oxygens (including phenoxy) is 6. The molecular formula is C81H74ClF8N7O13. The smallest absolute Gasteiger partial charge is 0.387 e. The van der Waals surface area contributed by atoms with Crippen molar-refractivity contribution < 1.29 is 95.9 Å². The van der Waals surface area contributed by atoms with E-state index in [2.05, 4.69) is 15.0 Å². The van der Waals surface area contributed by atoms with Gasteiger partial charge >= 0.3 is 38.4 Å². The Morgan fingerprint density at radius 1 is 0.455 bits per heavy atom. The molecule has 4 aromatic heterocycles. The van der Waals surface area contributed by atoms with E-state index in [1.54, 1.807) is 24.3 Å². The minimum atomic E-state index is -3.07. The summed E-state index contributed by atoms with van der Waals surface area (Å²) in [6, 6.07) is 33.8. The number of aliphatic hydroxyl groups is 1. The molecule has 1 aliphatic carbocycles. The number of hydrogen-bond acceptors (Lipinski definition) is 20. The summed E-state index contributed by atoms with van der Waals surface area (Å²) >= 11 is 5.99. The number of nitrogens with one attached hydrogen (secondary N) is 1. The fourth-order valence-corrected chi connectivity index (χ4v) is 15.3. The number of fused-ring (bicyclic) bond motifs is 4. The SMILES string of the molecule is COC(=O)[C@@H]1CCCN1Cc1cc2nc(-c3cccc(-c4cccc(-c5nc6cc(CCl)c(OC(F)F)cc6o5)c4C)c3C)oc2cc1OC(F)F.COC(=O)[C@@H]1CCCN1Cc1cc2nc(-c3cccc(-c4cccc(-c5nc6cc(CN[C@@H]7CCC[C@@H]7O)c(OC(F)F)cc6o5)c4C)c3C)oc2cc1OC(F)F. The number of nitrogens with zero attached hydrogens (tertiary/aromatic N) is 6. The molecule has 8 aromatic carbocycles. The topological polar surface area (TPSA) is 232 Å². The van der Waals surface area contributed by atoms with E-state index in [0.717, 1.165) is 70.2 Å². The van der Waals surface area contributed by atoms with Crippen molar-refractivity contribution in [3.05, 3.63) is 166 Å². The Morgan fingerprint density at radius 3 is 1.07 bits per heavy atom. The average molecular weight is 1540 g/mol. The number of carbonyl (C=O) groups is 2. The molecule has 574 valence electrons. The molecule has 2 N–H and O–H groups in total. The fourth-order valence-electron chi connectivity index (χ4n) is 15.1. The summed E-state index contributed by atoms with van der Waals surface area (Å²) in [6.45, 7) is -2.71. The molecular weight excluding hydrogens is 1470 g/mol. The number of methoxy groups -OCH3 is 2. The van der Waals surface area contributed by atoms with E-state index in [1.807, 2.05) is 110 Å². The first-order chi connectivity index (χ1) is 53.0. The van der Waals surface area contributed by atoms with Gasteiger partial charge in [0, 0.05) is 94.4 Å². The van der Waals surface area contributed by atoms with Crippen LogP contribution < -0.4 is 24.3 Å². The van der Waals surface area contributed by atoms with Gasteiger partial charge in [0.1, 0.15) is 57.1 Å². The summed E-state index contributed by atoms with van der Waals surface area (Å²) < 4.78 is 161. The van der Waals surface area contributed by atoms with Gasteiger partial charge in [0.2, 0.25) is 23.6 Å². The zero-order valence-electron chi connectivity index (χ0n) is 60.3. The van der Waals surface area contributed by atoms with Crippen molar-refractivity contribution in [2.45, 2.75) is 149 Å². The third-order valence-corrected chi connectivity index (χ3v) is 20.9. The van der Waals surface area contributed by atoms with Gasteiger partial charge in [-0.1, -0.05) is 48.5 Å². The van der Waals surface area contributed by atoms with E-state index >= 15 is 0 Å². The van der Waals surface area contributed by atoms with Gasteiger partial charge in [0.05, 0.1) is 26.2 Å². The van der Waals surface area contributed by atoms with Crippen LogP contribution in [0.25, 0.3) is 112 Å². The highest BCUT2D eigenvalue weighted by atomic mass is 35.5. The second kappa shape index (κ2) is 32.5.